The van der Waals surface area contributed by atoms with Crippen LogP contribution in [0.15, 0.2) is 18.2 Å². The molecule has 0 unspecified atom stereocenters. The molecule has 1 aromatic rings. The molecule has 7 N–H and O–H groups in total. The summed E-state index contributed by atoms with van der Waals surface area (Å²) in [6, 6.07) is 1.90. The number of likely N-dealkylation sites (tertiary alicyclic amines) is 1. The van der Waals surface area contributed by atoms with Crippen molar-refractivity contribution in [2.45, 2.75) is 81.1 Å². The van der Waals surface area contributed by atoms with E-state index in [0.717, 1.165) is 49.3 Å². The van der Waals surface area contributed by atoms with Crippen molar-refractivity contribution in [2.75, 3.05) is 26.0 Å². The van der Waals surface area contributed by atoms with Crippen molar-refractivity contribution in [3.05, 3.63) is 23.8 Å². The summed E-state index contributed by atoms with van der Waals surface area (Å²) >= 11 is 1.02. The Bertz CT molecular complexity index is 962. The molecule has 0 bridgehead atoms. The first kappa shape index (κ1) is 31.4. The molecule has 2 aliphatic heterocycles. The van der Waals surface area contributed by atoms with Gasteiger partial charge in [0.05, 0.1) is 23.8 Å². The third kappa shape index (κ3) is 7.97. The summed E-state index contributed by atoms with van der Waals surface area (Å²) in [6.45, 7) is 4.20. The highest BCUT2D eigenvalue weighted by atomic mass is 32.2. The number of phenolic OH excluding ortho intramolecular Hbond substituents is 2. The van der Waals surface area contributed by atoms with Gasteiger partial charge in [0.1, 0.15) is 48.0 Å². The predicted octanol–water partition coefficient (Wildman–Crippen LogP) is -0.219. The van der Waals surface area contributed by atoms with Gasteiger partial charge in [0.15, 0.2) is 0 Å². The van der Waals surface area contributed by atoms with E-state index in [1.54, 1.807) is 0 Å². The molecule has 1 aromatic carbocycles. The smallest absolute Gasteiger partial charge is 0.338 e. The number of aromatic hydroxyl groups is 2. The van der Waals surface area contributed by atoms with Gasteiger partial charge in [0.2, 0.25) is 5.91 Å². The Morgan fingerprint density at radius 2 is 1.82 bits per heavy atom. The highest BCUT2D eigenvalue weighted by Crippen LogP contribution is 2.32. The van der Waals surface area contributed by atoms with Gasteiger partial charge in [0, 0.05) is 18.4 Å². The Morgan fingerprint density at radius 3 is 2.44 bits per heavy atom. The molecule has 2 fully saturated rings. The number of nitrogens with zero attached hydrogens (tertiary/aromatic N) is 1. The van der Waals surface area contributed by atoms with Crippen LogP contribution in [0, 0.1) is 5.92 Å². The molecule has 9 atom stereocenters. The van der Waals surface area contributed by atoms with Crippen molar-refractivity contribution in [2.24, 2.45) is 5.92 Å². The fourth-order valence-corrected chi connectivity index (χ4v) is 6.15. The van der Waals surface area contributed by atoms with Crippen LogP contribution in [-0.4, -0.2) is 121 Å². The summed E-state index contributed by atoms with van der Waals surface area (Å²) in [4.78, 5) is 27.3. The molecular formula is C26H40N2O10S. The predicted molar refractivity (Wildman–Crippen MR) is 142 cm³/mol. The van der Waals surface area contributed by atoms with Crippen molar-refractivity contribution in [1.29, 1.82) is 0 Å². The van der Waals surface area contributed by atoms with Gasteiger partial charge in [-0.25, -0.2) is 4.79 Å². The van der Waals surface area contributed by atoms with Crippen LogP contribution >= 0.6 is 11.8 Å². The van der Waals surface area contributed by atoms with Crippen molar-refractivity contribution in [3.8, 4) is 11.5 Å². The van der Waals surface area contributed by atoms with Gasteiger partial charge in [-0.3, -0.25) is 9.69 Å². The Morgan fingerprint density at radius 1 is 1.15 bits per heavy atom. The SMILES string of the molecule is CCC[C@@H]1C[C@@H](C(=O)N[C@@H]([C@H]2O[C@H](SCCOC(=O)c3cc(O)cc(O)c3)[C@H](O)[C@@H](O)[C@H]2O)[C@@H](C)O)N(C)C1. The topological polar surface area (TPSA) is 189 Å². The number of esters is 1. The molecule has 12 nitrogen and oxygen atoms in total. The summed E-state index contributed by atoms with van der Waals surface area (Å²) in [5, 5.41) is 64.0. The number of hydrogen-bond donors (Lipinski definition) is 7. The van der Waals surface area contributed by atoms with Crippen LogP contribution in [0.3, 0.4) is 0 Å². The zero-order valence-corrected chi connectivity index (χ0v) is 23.2. The monoisotopic (exact) mass is 572 g/mol. The number of phenols is 2. The first-order chi connectivity index (χ1) is 18.4. The zero-order chi connectivity index (χ0) is 28.9. The van der Waals surface area contributed by atoms with E-state index in [1.807, 2.05) is 11.9 Å². The van der Waals surface area contributed by atoms with E-state index < -0.39 is 54.0 Å². The van der Waals surface area contributed by atoms with E-state index in [0.29, 0.717) is 12.3 Å². The van der Waals surface area contributed by atoms with Crippen LogP contribution in [0.25, 0.3) is 0 Å². The fourth-order valence-electron chi connectivity index (χ4n) is 5.17. The average molecular weight is 573 g/mol. The quantitative estimate of drug-likeness (QED) is 0.137. The highest BCUT2D eigenvalue weighted by molar-refractivity contribution is 7.99. The Balaban J connectivity index is 1.59. The molecule has 0 aliphatic carbocycles. The van der Waals surface area contributed by atoms with Crippen molar-refractivity contribution < 1.29 is 49.7 Å². The molecule has 39 heavy (non-hydrogen) atoms. The maximum absolute atomic E-state index is 13.1. The Hall–Kier alpha value is -2.13. The fraction of sp³-hybridized carbons (Fsp3) is 0.692. The third-order valence-corrected chi connectivity index (χ3v) is 8.28. The Labute approximate surface area is 231 Å². The zero-order valence-electron chi connectivity index (χ0n) is 22.3. The number of carbonyl (C=O) groups is 2. The molecule has 0 saturated carbocycles. The molecular weight excluding hydrogens is 532 g/mol. The molecule has 0 aromatic heterocycles. The number of aliphatic hydroxyl groups excluding tert-OH is 4. The minimum absolute atomic E-state index is 0.0468. The van der Waals surface area contributed by atoms with Crippen molar-refractivity contribution in [3.63, 3.8) is 0 Å². The number of ether oxygens (including phenoxy) is 2. The lowest BCUT2D eigenvalue weighted by atomic mass is 9.92. The van der Waals surface area contributed by atoms with E-state index in [9.17, 15) is 40.2 Å². The molecule has 1 amide bonds. The summed E-state index contributed by atoms with van der Waals surface area (Å²) in [7, 11) is 1.87. The molecule has 2 saturated heterocycles. The van der Waals surface area contributed by atoms with E-state index in [2.05, 4.69) is 12.2 Å². The van der Waals surface area contributed by atoms with Crippen molar-refractivity contribution >= 4 is 23.6 Å². The third-order valence-electron chi connectivity index (χ3n) is 7.16. The Kier molecular flexibility index (Phi) is 11.2. The largest absolute Gasteiger partial charge is 0.508 e. The van der Waals surface area contributed by atoms with Crippen LogP contribution in [0.5, 0.6) is 11.5 Å². The lowest BCUT2D eigenvalue weighted by molar-refractivity contribution is -0.211. The lowest BCUT2D eigenvalue weighted by Gasteiger charge is -2.44. The van der Waals surface area contributed by atoms with E-state index in [4.69, 9.17) is 9.47 Å². The summed E-state index contributed by atoms with van der Waals surface area (Å²) in [5.41, 5.74) is -1.10. The number of amides is 1. The summed E-state index contributed by atoms with van der Waals surface area (Å²) < 4.78 is 11.0. The number of hydrogen-bond acceptors (Lipinski definition) is 12. The standard InChI is InChI=1S/C26H40N2O10S/c1-4-5-14-8-18(28(3)12-14)24(35)27-19(13(2)29)23-21(33)20(32)22(34)26(38-23)39-7-6-37-25(36)15-9-16(30)11-17(31)10-15/h9-11,13-14,18-23,26,29-34H,4-8,12H2,1-3H3,(H,27,35)/t13-,14-,18+,19-,20+,21-,22-,23-,26-/m1/s1. The average Bonchev–Trinajstić information content (AvgIpc) is 3.24. The minimum Gasteiger partial charge on any atom is -0.508 e. The number of benzene rings is 1. The molecule has 2 heterocycles. The number of carbonyl (C=O) groups excluding carboxylic acids is 2. The van der Waals surface area contributed by atoms with E-state index >= 15 is 0 Å². The number of thioether (sulfide) groups is 1. The van der Waals surface area contributed by atoms with Gasteiger partial charge in [-0.1, -0.05) is 13.3 Å². The van der Waals surface area contributed by atoms with Gasteiger partial charge >= 0.3 is 5.97 Å². The van der Waals surface area contributed by atoms with Crippen LogP contribution in [0.4, 0.5) is 0 Å². The number of rotatable bonds is 11. The van der Waals surface area contributed by atoms with Gasteiger partial charge in [0.25, 0.3) is 0 Å². The molecule has 220 valence electrons. The highest BCUT2D eigenvalue weighted by Gasteiger charge is 2.48. The minimum atomic E-state index is -1.61. The number of nitrogens with one attached hydrogen (secondary N) is 1. The van der Waals surface area contributed by atoms with Crippen molar-refractivity contribution in [1.82, 2.24) is 10.2 Å². The van der Waals surface area contributed by atoms with Crippen LogP contribution < -0.4 is 5.32 Å². The maximum atomic E-state index is 13.1. The molecule has 2 aliphatic rings. The summed E-state index contributed by atoms with van der Waals surface area (Å²) in [5.74, 6) is -1.17. The first-order valence-electron chi connectivity index (χ1n) is 13.1. The second kappa shape index (κ2) is 14.0. The molecule has 0 spiro atoms. The van der Waals surface area contributed by atoms with Gasteiger partial charge < -0.3 is 45.4 Å². The van der Waals surface area contributed by atoms with Gasteiger partial charge in [-0.05, 0) is 44.9 Å². The van der Waals surface area contributed by atoms with Crippen LogP contribution in [-0.2, 0) is 14.3 Å². The van der Waals surface area contributed by atoms with E-state index in [1.165, 1.54) is 6.92 Å². The first-order valence-corrected chi connectivity index (χ1v) is 14.2. The van der Waals surface area contributed by atoms with Crippen LogP contribution in [0.1, 0.15) is 43.5 Å². The molecule has 13 heteroatoms. The number of likely N-dealkylation sites (N-methyl/N-ethyl adjacent to an activating group) is 1. The number of aliphatic hydroxyl groups is 4. The normalized spacial score (nSPS) is 31.0. The van der Waals surface area contributed by atoms with Gasteiger partial charge in [-0.15, -0.1) is 11.8 Å². The summed E-state index contributed by atoms with van der Waals surface area (Å²) in [6.07, 6.45) is -4.34. The molecule has 0 radical (unpaired) electrons. The molecule has 3 rings (SSSR count). The second-order valence-corrected chi connectivity index (χ2v) is 11.5. The second-order valence-electron chi connectivity index (χ2n) is 10.3. The van der Waals surface area contributed by atoms with E-state index in [-0.39, 0.29) is 35.3 Å². The lowest BCUT2D eigenvalue weighted by Crippen LogP contribution is -2.65. The maximum Gasteiger partial charge on any atom is 0.338 e. The van der Waals surface area contributed by atoms with Crippen LogP contribution in [0.2, 0.25) is 0 Å². The van der Waals surface area contributed by atoms with Gasteiger partial charge in [-0.2, -0.15) is 0 Å².